The minimum Gasteiger partial charge on any atom is -0.345 e. The molecule has 124 valence electrons. The molecular formula is C15H27F3N2O. The van der Waals surface area contributed by atoms with Crippen LogP contribution in [0.1, 0.15) is 46.0 Å². The Hall–Kier alpha value is -0.780. The molecule has 1 rings (SSSR count). The molecule has 0 bridgehead atoms. The second kappa shape index (κ2) is 7.47. The Bertz CT molecular complexity index is 336. The van der Waals surface area contributed by atoms with Crippen LogP contribution in [0.2, 0.25) is 0 Å². The lowest BCUT2D eigenvalue weighted by Gasteiger charge is -2.32. The summed E-state index contributed by atoms with van der Waals surface area (Å²) in [6, 6.07) is 0.0428. The Morgan fingerprint density at radius 2 is 1.76 bits per heavy atom. The van der Waals surface area contributed by atoms with E-state index in [1.54, 1.807) is 11.9 Å². The molecule has 0 saturated heterocycles. The molecule has 0 spiro atoms. The molecule has 1 aliphatic rings. The van der Waals surface area contributed by atoms with Crippen LogP contribution in [0.3, 0.4) is 0 Å². The average Bonchev–Trinajstić information content (AvgIpc) is 2.42. The Morgan fingerprint density at radius 1 is 1.24 bits per heavy atom. The van der Waals surface area contributed by atoms with Gasteiger partial charge in [0, 0.05) is 25.6 Å². The van der Waals surface area contributed by atoms with E-state index in [1.165, 1.54) is 0 Å². The van der Waals surface area contributed by atoms with Gasteiger partial charge in [-0.2, -0.15) is 13.2 Å². The van der Waals surface area contributed by atoms with Crippen molar-refractivity contribution in [1.29, 1.82) is 0 Å². The number of nitrogens with two attached hydrogens (primary N) is 1. The van der Waals surface area contributed by atoms with Crippen molar-refractivity contribution in [1.82, 2.24) is 4.90 Å². The van der Waals surface area contributed by atoms with E-state index in [-0.39, 0.29) is 30.7 Å². The molecule has 0 heterocycles. The number of amides is 1. The molecule has 1 atom stereocenters. The van der Waals surface area contributed by atoms with E-state index in [4.69, 9.17) is 5.73 Å². The van der Waals surface area contributed by atoms with Gasteiger partial charge in [0.2, 0.25) is 5.91 Å². The lowest BCUT2D eigenvalue weighted by Crippen LogP contribution is -2.39. The average molecular weight is 308 g/mol. The van der Waals surface area contributed by atoms with Crippen molar-refractivity contribution in [2.75, 3.05) is 13.6 Å². The van der Waals surface area contributed by atoms with Gasteiger partial charge in [0.1, 0.15) is 0 Å². The van der Waals surface area contributed by atoms with Gasteiger partial charge in [0.05, 0.1) is 5.92 Å². The molecular weight excluding hydrogens is 281 g/mol. The van der Waals surface area contributed by atoms with Gasteiger partial charge >= 0.3 is 6.18 Å². The molecule has 0 aromatic rings. The quantitative estimate of drug-likeness (QED) is 0.848. The summed E-state index contributed by atoms with van der Waals surface area (Å²) in [7, 11) is 1.71. The van der Waals surface area contributed by atoms with E-state index >= 15 is 0 Å². The van der Waals surface area contributed by atoms with Crippen LogP contribution in [0, 0.1) is 17.8 Å². The van der Waals surface area contributed by atoms with Crippen molar-refractivity contribution in [3.05, 3.63) is 0 Å². The minimum absolute atomic E-state index is 0.0356. The van der Waals surface area contributed by atoms with Crippen LogP contribution in [0.5, 0.6) is 0 Å². The summed E-state index contributed by atoms with van der Waals surface area (Å²) in [4.78, 5) is 13.9. The summed E-state index contributed by atoms with van der Waals surface area (Å²) < 4.78 is 37.8. The number of hydrogen-bond donors (Lipinski definition) is 1. The van der Waals surface area contributed by atoms with Crippen molar-refractivity contribution in [3.8, 4) is 0 Å². The maximum absolute atomic E-state index is 12.6. The van der Waals surface area contributed by atoms with E-state index in [2.05, 4.69) is 0 Å². The molecule has 3 nitrogen and oxygen atoms in total. The second-order valence-electron chi connectivity index (χ2n) is 6.55. The van der Waals surface area contributed by atoms with Crippen LogP contribution < -0.4 is 5.73 Å². The highest BCUT2D eigenvalue weighted by molar-refractivity contribution is 5.78. The Kier molecular flexibility index (Phi) is 6.50. The van der Waals surface area contributed by atoms with Crippen LogP contribution in [0.15, 0.2) is 0 Å². The van der Waals surface area contributed by atoms with Crippen LogP contribution in [-0.4, -0.2) is 36.6 Å². The third kappa shape index (κ3) is 5.49. The molecule has 1 unspecified atom stereocenters. The maximum Gasteiger partial charge on any atom is 0.391 e. The third-order valence-electron chi connectivity index (χ3n) is 4.57. The standard InChI is InChI=1S/C15H27F3N2O/c1-10(2)13(19)8-9-20(3)14(21)11-4-6-12(7-5-11)15(16,17)18/h10-13H,4-9,19H2,1-3H3. The van der Waals surface area contributed by atoms with Gasteiger partial charge in [0.25, 0.3) is 0 Å². The molecule has 1 aliphatic carbocycles. The van der Waals surface area contributed by atoms with Crippen molar-refractivity contribution < 1.29 is 18.0 Å². The minimum atomic E-state index is -4.12. The van der Waals surface area contributed by atoms with E-state index in [1.807, 2.05) is 13.8 Å². The number of alkyl halides is 3. The fourth-order valence-corrected chi connectivity index (χ4v) is 2.77. The first kappa shape index (κ1) is 18.3. The van der Waals surface area contributed by atoms with Crippen molar-refractivity contribution in [2.45, 2.75) is 58.2 Å². The summed E-state index contributed by atoms with van der Waals surface area (Å²) in [5, 5.41) is 0. The highest BCUT2D eigenvalue weighted by atomic mass is 19.4. The van der Waals surface area contributed by atoms with Crippen LogP contribution in [0.4, 0.5) is 13.2 Å². The van der Waals surface area contributed by atoms with Crippen LogP contribution >= 0.6 is 0 Å². The van der Waals surface area contributed by atoms with Gasteiger partial charge < -0.3 is 10.6 Å². The van der Waals surface area contributed by atoms with E-state index < -0.39 is 12.1 Å². The molecule has 1 saturated carbocycles. The number of nitrogens with zero attached hydrogens (tertiary/aromatic N) is 1. The lowest BCUT2D eigenvalue weighted by atomic mass is 9.81. The molecule has 0 aromatic carbocycles. The fraction of sp³-hybridized carbons (Fsp3) is 0.933. The van der Waals surface area contributed by atoms with Gasteiger partial charge in [-0.1, -0.05) is 13.8 Å². The largest absolute Gasteiger partial charge is 0.391 e. The summed E-state index contributed by atoms with van der Waals surface area (Å²) in [6.45, 7) is 4.63. The first-order chi connectivity index (χ1) is 9.62. The number of carbonyl (C=O) groups excluding carboxylic acids is 1. The van der Waals surface area contributed by atoms with Crippen LogP contribution in [0.25, 0.3) is 0 Å². The Labute approximate surface area is 125 Å². The molecule has 0 radical (unpaired) electrons. The maximum atomic E-state index is 12.6. The highest BCUT2D eigenvalue weighted by Crippen LogP contribution is 2.39. The normalized spacial score (nSPS) is 25.0. The summed E-state index contributed by atoms with van der Waals surface area (Å²) in [6.07, 6.45) is -2.59. The Balaban J connectivity index is 2.39. The molecule has 2 N–H and O–H groups in total. The van der Waals surface area contributed by atoms with Gasteiger partial charge in [-0.05, 0) is 38.0 Å². The van der Waals surface area contributed by atoms with Gasteiger partial charge in [-0.3, -0.25) is 4.79 Å². The zero-order chi connectivity index (χ0) is 16.2. The molecule has 1 fully saturated rings. The number of halogens is 3. The summed E-state index contributed by atoms with van der Waals surface area (Å²) in [5.41, 5.74) is 5.95. The second-order valence-corrected chi connectivity index (χ2v) is 6.55. The molecule has 21 heavy (non-hydrogen) atoms. The van der Waals surface area contributed by atoms with E-state index in [0.29, 0.717) is 25.3 Å². The van der Waals surface area contributed by atoms with Crippen molar-refractivity contribution in [2.24, 2.45) is 23.5 Å². The zero-order valence-electron chi connectivity index (χ0n) is 13.1. The predicted octanol–water partition coefficient (Wildman–Crippen LogP) is 3.19. The van der Waals surface area contributed by atoms with Crippen molar-refractivity contribution in [3.63, 3.8) is 0 Å². The third-order valence-corrected chi connectivity index (χ3v) is 4.57. The van der Waals surface area contributed by atoms with Gasteiger partial charge in [-0.25, -0.2) is 0 Å². The first-order valence-corrected chi connectivity index (χ1v) is 7.70. The molecule has 6 heteroatoms. The smallest absolute Gasteiger partial charge is 0.345 e. The summed E-state index contributed by atoms with van der Waals surface area (Å²) in [5.74, 6) is -1.17. The Morgan fingerprint density at radius 3 is 2.19 bits per heavy atom. The molecule has 0 aromatic heterocycles. The number of hydrogen-bond acceptors (Lipinski definition) is 2. The van der Waals surface area contributed by atoms with Crippen LogP contribution in [-0.2, 0) is 4.79 Å². The molecule has 0 aliphatic heterocycles. The number of carbonyl (C=O) groups is 1. The first-order valence-electron chi connectivity index (χ1n) is 7.70. The van der Waals surface area contributed by atoms with E-state index in [9.17, 15) is 18.0 Å². The SMILES string of the molecule is CC(C)C(N)CCN(C)C(=O)C1CCC(C(F)(F)F)CC1. The fourth-order valence-electron chi connectivity index (χ4n) is 2.77. The zero-order valence-corrected chi connectivity index (χ0v) is 13.1. The predicted molar refractivity (Wildman–Crippen MR) is 76.6 cm³/mol. The highest BCUT2D eigenvalue weighted by Gasteiger charge is 2.42. The topological polar surface area (TPSA) is 46.3 Å². The molecule has 1 amide bonds. The van der Waals surface area contributed by atoms with E-state index in [0.717, 1.165) is 6.42 Å². The van der Waals surface area contributed by atoms with Gasteiger partial charge in [-0.15, -0.1) is 0 Å². The monoisotopic (exact) mass is 308 g/mol. The van der Waals surface area contributed by atoms with Crippen molar-refractivity contribution >= 4 is 5.91 Å². The lowest BCUT2D eigenvalue weighted by molar-refractivity contribution is -0.185. The summed E-state index contributed by atoms with van der Waals surface area (Å²) >= 11 is 0. The van der Waals surface area contributed by atoms with Gasteiger partial charge in [0.15, 0.2) is 0 Å². The number of rotatable bonds is 5.